The van der Waals surface area contributed by atoms with Crippen LogP contribution in [0.15, 0.2) is 52.9 Å². The van der Waals surface area contributed by atoms with Crippen LogP contribution < -0.4 is 16.3 Å². The van der Waals surface area contributed by atoms with Gasteiger partial charge in [0.15, 0.2) is 5.84 Å². The zero-order chi connectivity index (χ0) is 19.9. The first-order chi connectivity index (χ1) is 12.8. The number of hydrogen-bond donors (Lipinski definition) is 2. The molecule has 0 bridgehead atoms. The second-order valence-electron chi connectivity index (χ2n) is 5.43. The largest absolute Gasteiger partial charge is 0.486 e. The lowest BCUT2D eigenvalue weighted by atomic mass is 10.1. The summed E-state index contributed by atoms with van der Waals surface area (Å²) < 4.78 is 42.7. The predicted octanol–water partition coefficient (Wildman–Crippen LogP) is 2.65. The fourth-order valence-electron chi connectivity index (χ4n) is 1.92. The van der Waals surface area contributed by atoms with E-state index in [4.69, 9.17) is 21.2 Å². The van der Waals surface area contributed by atoms with Gasteiger partial charge < -0.3 is 21.2 Å². The quantitative estimate of drug-likeness (QED) is 0.332. The van der Waals surface area contributed by atoms with E-state index < -0.39 is 11.9 Å². The monoisotopic (exact) mass is 381 g/mol. The van der Waals surface area contributed by atoms with Crippen LogP contribution >= 0.6 is 0 Å². The van der Waals surface area contributed by atoms with Crippen LogP contribution in [0.25, 0.3) is 0 Å². The van der Waals surface area contributed by atoms with E-state index in [9.17, 15) is 13.2 Å². The minimum Gasteiger partial charge on any atom is -0.486 e. The number of aromatic nitrogens is 1. The summed E-state index contributed by atoms with van der Waals surface area (Å²) in [6, 6.07) is 9.18. The molecule has 0 fully saturated rings. The third kappa shape index (κ3) is 6.17. The van der Waals surface area contributed by atoms with Crippen molar-refractivity contribution >= 4 is 11.5 Å². The van der Waals surface area contributed by atoms with E-state index in [1.54, 1.807) is 31.2 Å². The number of nitrogens with two attached hydrogens (primary N) is 2. The lowest BCUT2D eigenvalue weighted by Gasteiger charge is -2.07. The summed E-state index contributed by atoms with van der Waals surface area (Å²) in [7, 11) is 0. The van der Waals surface area contributed by atoms with Gasteiger partial charge in [-0.15, -0.1) is 0 Å². The number of nitrogens with zero attached hydrogens (tertiary/aromatic N) is 3. The standard InChI is InChI=1S/C17H18F3N5O2/c1-11(13-3-5-14(6-4-13)26-10-16(21)24-22)25-27-9-12-2-7-15(23-8-12)17(18,19)20/h2-8H,9-10,22H2,1H3,(H2,21,24)/b25-11+. The molecule has 1 aromatic heterocycles. The number of halogens is 3. The van der Waals surface area contributed by atoms with E-state index in [1.807, 2.05) is 0 Å². The number of hydrazone groups is 1. The lowest BCUT2D eigenvalue weighted by molar-refractivity contribution is -0.141. The molecule has 0 aliphatic rings. The molecule has 0 aliphatic heterocycles. The Morgan fingerprint density at radius 3 is 2.41 bits per heavy atom. The van der Waals surface area contributed by atoms with E-state index >= 15 is 0 Å². The van der Waals surface area contributed by atoms with Gasteiger partial charge in [-0.05, 0) is 42.8 Å². The minimum absolute atomic E-state index is 0.00136. The van der Waals surface area contributed by atoms with Gasteiger partial charge >= 0.3 is 6.18 Å². The molecule has 2 rings (SSSR count). The molecule has 4 N–H and O–H groups in total. The fourth-order valence-corrected chi connectivity index (χ4v) is 1.92. The highest BCUT2D eigenvalue weighted by Gasteiger charge is 2.31. The lowest BCUT2D eigenvalue weighted by Crippen LogP contribution is -2.22. The van der Waals surface area contributed by atoms with Gasteiger partial charge in [0.05, 0.1) is 5.71 Å². The van der Waals surface area contributed by atoms with Crippen molar-refractivity contribution in [1.82, 2.24) is 4.98 Å². The molecule has 1 aromatic carbocycles. The average Bonchev–Trinajstić information content (AvgIpc) is 2.66. The van der Waals surface area contributed by atoms with Gasteiger partial charge in [-0.1, -0.05) is 11.2 Å². The van der Waals surface area contributed by atoms with Crippen molar-refractivity contribution in [1.29, 1.82) is 0 Å². The van der Waals surface area contributed by atoms with Crippen LogP contribution in [0.5, 0.6) is 5.75 Å². The molecule has 27 heavy (non-hydrogen) atoms. The van der Waals surface area contributed by atoms with Gasteiger partial charge in [-0.25, -0.2) is 0 Å². The maximum Gasteiger partial charge on any atom is 0.433 e. The average molecular weight is 381 g/mol. The Kier molecular flexibility index (Phi) is 6.58. The van der Waals surface area contributed by atoms with Gasteiger partial charge in [0.1, 0.15) is 24.7 Å². The first kappa shape index (κ1) is 20.0. The molecule has 1 heterocycles. The second kappa shape index (κ2) is 8.88. The summed E-state index contributed by atoms with van der Waals surface area (Å²) in [5.74, 6) is 5.76. The molecule has 0 spiro atoms. The highest BCUT2D eigenvalue weighted by Crippen LogP contribution is 2.27. The molecule has 0 unspecified atom stereocenters. The van der Waals surface area contributed by atoms with Crippen molar-refractivity contribution in [3.63, 3.8) is 0 Å². The molecule has 10 heteroatoms. The zero-order valence-electron chi connectivity index (χ0n) is 14.4. The summed E-state index contributed by atoms with van der Waals surface area (Å²) >= 11 is 0. The Morgan fingerprint density at radius 2 is 1.85 bits per heavy atom. The third-order valence-electron chi connectivity index (χ3n) is 3.37. The summed E-state index contributed by atoms with van der Waals surface area (Å²) in [5, 5.41) is 7.25. The van der Waals surface area contributed by atoms with Gasteiger partial charge in [0.25, 0.3) is 0 Å². The number of hydrogen-bond acceptors (Lipinski definition) is 6. The topological polar surface area (TPSA) is 108 Å². The fraction of sp³-hybridized carbons (Fsp3) is 0.235. The van der Waals surface area contributed by atoms with Crippen molar-refractivity contribution in [2.45, 2.75) is 19.7 Å². The van der Waals surface area contributed by atoms with Crippen LogP contribution in [0.2, 0.25) is 0 Å². The van der Waals surface area contributed by atoms with Crippen LogP contribution in [0, 0.1) is 0 Å². The normalized spacial score (nSPS) is 12.7. The number of alkyl halides is 3. The maximum absolute atomic E-state index is 12.5. The predicted molar refractivity (Wildman–Crippen MR) is 94.0 cm³/mol. The number of oxime groups is 1. The van der Waals surface area contributed by atoms with E-state index in [1.165, 1.54) is 6.07 Å². The molecule has 0 atom stereocenters. The molecule has 0 saturated carbocycles. The van der Waals surface area contributed by atoms with E-state index in [0.29, 0.717) is 17.0 Å². The molecule has 0 radical (unpaired) electrons. The summed E-state index contributed by atoms with van der Waals surface area (Å²) in [6.45, 7) is 1.81. The summed E-state index contributed by atoms with van der Waals surface area (Å²) in [4.78, 5) is 8.53. The maximum atomic E-state index is 12.5. The molecule has 7 nitrogen and oxygen atoms in total. The smallest absolute Gasteiger partial charge is 0.433 e. The Bertz CT molecular complexity index is 803. The van der Waals surface area contributed by atoms with Crippen molar-refractivity contribution in [3.8, 4) is 5.75 Å². The highest BCUT2D eigenvalue weighted by molar-refractivity contribution is 5.98. The molecule has 2 aromatic rings. The second-order valence-corrected chi connectivity index (χ2v) is 5.43. The summed E-state index contributed by atoms with van der Waals surface area (Å²) in [5.41, 5.74) is 6.33. The van der Waals surface area contributed by atoms with Crippen LogP contribution in [0.1, 0.15) is 23.7 Å². The molecule has 144 valence electrons. The minimum atomic E-state index is -4.47. The number of ether oxygens (including phenoxy) is 1. The SMILES string of the molecule is C/C(=N\OCc1ccc(C(F)(F)F)nc1)c1ccc(OC/C(N)=N/N)cc1. The van der Waals surface area contributed by atoms with Crippen molar-refractivity contribution in [2.75, 3.05) is 6.61 Å². The van der Waals surface area contributed by atoms with Crippen molar-refractivity contribution in [3.05, 3.63) is 59.4 Å². The Hall–Kier alpha value is -3.30. The number of benzene rings is 1. The number of pyridine rings is 1. The van der Waals surface area contributed by atoms with Crippen LogP contribution in [0.3, 0.4) is 0 Å². The van der Waals surface area contributed by atoms with E-state index in [-0.39, 0.29) is 19.0 Å². The van der Waals surface area contributed by atoms with E-state index in [0.717, 1.165) is 17.8 Å². The van der Waals surface area contributed by atoms with Crippen LogP contribution in [0.4, 0.5) is 13.2 Å². The highest BCUT2D eigenvalue weighted by atomic mass is 19.4. The first-order valence-electron chi connectivity index (χ1n) is 7.73. The first-order valence-corrected chi connectivity index (χ1v) is 7.73. The van der Waals surface area contributed by atoms with Crippen molar-refractivity contribution < 1.29 is 22.7 Å². The van der Waals surface area contributed by atoms with Gasteiger partial charge in [0.2, 0.25) is 0 Å². The molecular formula is C17H18F3N5O2. The summed E-state index contributed by atoms with van der Waals surface area (Å²) in [6.07, 6.45) is -3.36. The molecule has 0 amide bonds. The van der Waals surface area contributed by atoms with Crippen LogP contribution in [-0.4, -0.2) is 23.1 Å². The third-order valence-corrected chi connectivity index (χ3v) is 3.37. The number of rotatable bonds is 7. The van der Waals surface area contributed by atoms with Gasteiger partial charge in [-0.2, -0.15) is 18.3 Å². The molecule has 0 aliphatic carbocycles. The van der Waals surface area contributed by atoms with Crippen molar-refractivity contribution in [2.24, 2.45) is 21.8 Å². The number of amidine groups is 1. The van der Waals surface area contributed by atoms with Gasteiger partial charge in [-0.3, -0.25) is 4.98 Å². The van der Waals surface area contributed by atoms with Gasteiger partial charge in [0, 0.05) is 11.8 Å². The zero-order valence-corrected chi connectivity index (χ0v) is 14.4. The Labute approximate surface area is 153 Å². The Balaban J connectivity index is 1.89. The molecule has 0 saturated heterocycles. The Morgan fingerprint density at radius 1 is 1.15 bits per heavy atom. The molecular weight excluding hydrogens is 363 g/mol. The van der Waals surface area contributed by atoms with Crippen LogP contribution in [-0.2, 0) is 17.6 Å². The van der Waals surface area contributed by atoms with E-state index in [2.05, 4.69) is 15.2 Å².